The molecule has 0 spiro atoms. The third-order valence-electron chi connectivity index (χ3n) is 2.94. The molecular weight excluding hydrogens is 294 g/mol. The molecule has 1 amide bonds. The Labute approximate surface area is 129 Å². The van der Waals surface area contributed by atoms with Crippen molar-refractivity contribution in [3.05, 3.63) is 29.3 Å². The summed E-state index contributed by atoms with van der Waals surface area (Å²) in [4.78, 5) is 23.2. The first-order valence-electron chi connectivity index (χ1n) is 6.60. The second-order valence-corrected chi connectivity index (χ2v) is 6.02. The van der Waals surface area contributed by atoms with Crippen molar-refractivity contribution in [1.29, 1.82) is 0 Å². The van der Waals surface area contributed by atoms with Crippen molar-refractivity contribution in [2.24, 2.45) is 5.92 Å². The minimum atomic E-state index is -1.32. The van der Waals surface area contributed by atoms with Gasteiger partial charge in [0.25, 0.3) is 5.91 Å². The fraction of sp³-hybridized carbons (Fsp3) is 0.467. The average molecular weight is 313 g/mol. The zero-order valence-corrected chi connectivity index (χ0v) is 13.2. The van der Waals surface area contributed by atoms with Crippen LogP contribution in [0.5, 0.6) is 5.75 Å². The van der Waals surface area contributed by atoms with E-state index in [1.165, 1.54) is 0 Å². The van der Waals surface area contributed by atoms with E-state index in [4.69, 9.17) is 16.3 Å². The molecule has 1 aromatic rings. The fourth-order valence-corrected chi connectivity index (χ4v) is 1.78. The second-order valence-electron chi connectivity index (χ2n) is 5.58. The number of amides is 1. The van der Waals surface area contributed by atoms with Crippen LogP contribution in [0, 0.1) is 5.92 Å². The van der Waals surface area contributed by atoms with Crippen LogP contribution in [0.25, 0.3) is 0 Å². The highest BCUT2D eigenvalue weighted by atomic mass is 35.5. The Morgan fingerprint density at radius 1 is 1.24 bits per heavy atom. The van der Waals surface area contributed by atoms with E-state index in [9.17, 15) is 14.7 Å². The number of halogens is 1. The van der Waals surface area contributed by atoms with E-state index in [1.54, 1.807) is 52.0 Å². The van der Waals surface area contributed by atoms with Crippen molar-refractivity contribution in [2.45, 2.75) is 39.3 Å². The maximum absolute atomic E-state index is 12.2. The molecule has 21 heavy (non-hydrogen) atoms. The van der Waals surface area contributed by atoms with Gasteiger partial charge in [0, 0.05) is 5.02 Å². The van der Waals surface area contributed by atoms with Gasteiger partial charge in [0.05, 0.1) is 12.0 Å². The van der Waals surface area contributed by atoms with Crippen LogP contribution >= 0.6 is 11.6 Å². The largest absolute Gasteiger partial charge is 0.548 e. The van der Waals surface area contributed by atoms with Crippen LogP contribution in [-0.4, -0.2) is 23.5 Å². The molecule has 6 heteroatoms. The zero-order chi connectivity index (χ0) is 16.2. The minimum absolute atomic E-state index is 0.287. The van der Waals surface area contributed by atoms with E-state index in [0.29, 0.717) is 10.8 Å². The molecule has 0 saturated carbocycles. The molecule has 0 aliphatic heterocycles. The summed E-state index contributed by atoms with van der Waals surface area (Å²) < 4.78 is 5.59. The molecule has 0 fully saturated rings. The van der Waals surface area contributed by atoms with Gasteiger partial charge in [-0.3, -0.25) is 4.79 Å². The summed E-state index contributed by atoms with van der Waals surface area (Å²) in [5.74, 6) is -1.67. The maximum atomic E-state index is 12.2. The number of carboxylic acids is 1. The number of carboxylic acid groups (broad SMARTS) is 1. The first-order valence-corrected chi connectivity index (χ1v) is 6.97. The Kier molecular flexibility index (Phi) is 5.61. The highest BCUT2D eigenvalue weighted by Crippen LogP contribution is 2.21. The van der Waals surface area contributed by atoms with Crippen LogP contribution in [0.3, 0.4) is 0 Å². The van der Waals surface area contributed by atoms with Crippen molar-refractivity contribution in [1.82, 2.24) is 5.32 Å². The molecule has 0 aliphatic rings. The van der Waals surface area contributed by atoms with Gasteiger partial charge in [0.15, 0.2) is 5.60 Å². The third-order valence-corrected chi connectivity index (χ3v) is 3.19. The molecule has 1 aromatic carbocycles. The number of hydrogen-bond acceptors (Lipinski definition) is 4. The van der Waals surface area contributed by atoms with Crippen molar-refractivity contribution in [3.63, 3.8) is 0 Å². The smallest absolute Gasteiger partial charge is 0.264 e. The topological polar surface area (TPSA) is 78.5 Å². The SMILES string of the molecule is CC(C)[C@H](NC(=O)C(C)(C)Oc1ccc(Cl)cc1)C(=O)[O-]. The van der Waals surface area contributed by atoms with Gasteiger partial charge < -0.3 is 20.0 Å². The van der Waals surface area contributed by atoms with E-state index >= 15 is 0 Å². The van der Waals surface area contributed by atoms with E-state index < -0.39 is 23.5 Å². The standard InChI is InChI=1S/C15H20ClNO4/c1-9(2)12(13(18)19)17-14(20)15(3,4)21-11-7-5-10(16)6-8-11/h5-9,12H,1-4H3,(H,17,20)(H,18,19)/p-1/t12-/m0/s1. The molecule has 0 unspecified atom stereocenters. The molecule has 0 saturated heterocycles. The monoisotopic (exact) mass is 312 g/mol. The number of aliphatic carboxylic acids is 1. The summed E-state index contributed by atoms with van der Waals surface area (Å²) in [7, 11) is 0. The van der Waals surface area contributed by atoms with Gasteiger partial charge in [-0.1, -0.05) is 25.4 Å². The number of carbonyl (C=O) groups is 2. The van der Waals surface area contributed by atoms with E-state index in [-0.39, 0.29) is 5.92 Å². The Morgan fingerprint density at radius 2 is 1.76 bits per heavy atom. The second kappa shape index (κ2) is 6.80. The average Bonchev–Trinajstić information content (AvgIpc) is 2.37. The summed E-state index contributed by atoms with van der Waals surface area (Å²) in [6.07, 6.45) is 0. The highest BCUT2D eigenvalue weighted by Gasteiger charge is 2.32. The number of carbonyl (C=O) groups excluding carboxylic acids is 2. The Balaban J connectivity index is 2.79. The lowest BCUT2D eigenvalue weighted by molar-refractivity contribution is -0.309. The summed E-state index contributed by atoms with van der Waals surface area (Å²) in [6, 6.07) is 5.49. The third kappa shape index (κ3) is 4.93. The Hall–Kier alpha value is -1.75. The van der Waals surface area contributed by atoms with Gasteiger partial charge in [0.1, 0.15) is 5.75 Å². The van der Waals surface area contributed by atoms with E-state index in [1.807, 2.05) is 0 Å². The molecule has 1 rings (SSSR count). The summed E-state index contributed by atoms with van der Waals surface area (Å²) >= 11 is 5.78. The molecule has 1 atom stereocenters. The number of rotatable bonds is 6. The molecular formula is C15H19ClNO4-. The molecule has 116 valence electrons. The van der Waals surface area contributed by atoms with Crippen molar-refractivity contribution in [2.75, 3.05) is 0 Å². The molecule has 1 N–H and O–H groups in total. The number of hydrogen-bond donors (Lipinski definition) is 1. The predicted molar refractivity (Wildman–Crippen MR) is 77.9 cm³/mol. The fourth-order valence-electron chi connectivity index (χ4n) is 1.66. The molecule has 0 aromatic heterocycles. The zero-order valence-electron chi connectivity index (χ0n) is 12.5. The minimum Gasteiger partial charge on any atom is -0.548 e. The highest BCUT2D eigenvalue weighted by molar-refractivity contribution is 6.30. The molecule has 5 nitrogen and oxygen atoms in total. The van der Waals surface area contributed by atoms with Gasteiger partial charge in [-0.05, 0) is 44.0 Å². The van der Waals surface area contributed by atoms with Gasteiger partial charge in [-0.25, -0.2) is 0 Å². The molecule has 0 heterocycles. The molecule has 0 radical (unpaired) electrons. The maximum Gasteiger partial charge on any atom is 0.264 e. The van der Waals surface area contributed by atoms with Crippen LogP contribution < -0.4 is 15.2 Å². The number of nitrogens with one attached hydrogen (secondary N) is 1. The normalized spacial score (nSPS) is 12.9. The van der Waals surface area contributed by atoms with Gasteiger partial charge in [-0.15, -0.1) is 0 Å². The van der Waals surface area contributed by atoms with Crippen LogP contribution in [0.4, 0.5) is 0 Å². The lowest BCUT2D eigenvalue weighted by Crippen LogP contribution is -2.56. The first-order chi connectivity index (χ1) is 9.63. The van der Waals surface area contributed by atoms with E-state index in [0.717, 1.165) is 0 Å². The van der Waals surface area contributed by atoms with Gasteiger partial charge in [-0.2, -0.15) is 0 Å². The van der Waals surface area contributed by atoms with E-state index in [2.05, 4.69) is 5.32 Å². The predicted octanol–water partition coefficient (Wildman–Crippen LogP) is 1.39. The number of ether oxygens (including phenoxy) is 1. The summed E-state index contributed by atoms with van der Waals surface area (Å²) in [5.41, 5.74) is -1.23. The van der Waals surface area contributed by atoms with Crippen molar-refractivity contribution >= 4 is 23.5 Å². The summed E-state index contributed by atoms with van der Waals surface area (Å²) in [6.45, 7) is 6.49. The lowest BCUT2D eigenvalue weighted by atomic mass is 10.0. The van der Waals surface area contributed by atoms with Gasteiger partial charge >= 0.3 is 0 Å². The lowest BCUT2D eigenvalue weighted by Gasteiger charge is -2.30. The Morgan fingerprint density at radius 3 is 2.19 bits per heavy atom. The number of benzene rings is 1. The summed E-state index contributed by atoms with van der Waals surface area (Å²) in [5, 5.41) is 14.0. The van der Waals surface area contributed by atoms with Crippen LogP contribution in [0.15, 0.2) is 24.3 Å². The van der Waals surface area contributed by atoms with Crippen molar-refractivity contribution in [3.8, 4) is 5.75 Å². The quantitative estimate of drug-likeness (QED) is 0.861. The van der Waals surface area contributed by atoms with Crippen LogP contribution in [0.1, 0.15) is 27.7 Å². The molecule has 0 aliphatic carbocycles. The Bertz CT molecular complexity index is 511. The molecule has 0 bridgehead atoms. The first kappa shape index (κ1) is 17.3. The van der Waals surface area contributed by atoms with Crippen molar-refractivity contribution < 1.29 is 19.4 Å². The van der Waals surface area contributed by atoms with Gasteiger partial charge in [0.2, 0.25) is 0 Å². The van der Waals surface area contributed by atoms with Crippen LogP contribution in [-0.2, 0) is 9.59 Å². The van der Waals surface area contributed by atoms with Crippen LogP contribution in [0.2, 0.25) is 5.02 Å².